The maximum atomic E-state index is 12.2. The lowest BCUT2D eigenvalue weighted by Gasteiger charge is -2.33. The fraction of sp³-hybridized carbons (Fsp3) is 0.636. The first kappa shape index (κ1) is 12.1. The molecule has 94 valence electrons. The molecule has 1 unspecified atom stereocenters. The molecule has 2 rings (SSSR count). The summed E-state index contributed by atoms with van der Waals surface area (Å²) < 4.78 is 10.5. The first-order valence-corrected chi connectivity index (χ1v) is 5.57. The van der Waals surface area contributed by atoms with Crippen molar-refractivity contribution in [3.63, 3.8) is 0 Å². The molecule has 1 aliphatic rings. The van der Waals surface area contributed by atoms with Gasteiger partial charge >= 0.3 is 0 Å². The SMILES string of the molecule is Cc1nc(C)c(C(=O)N2CCOCC2CO)o1. The van der Waals surface area contributed by atoms with Crippen LogP contribution < -0.4 is 0 Å². The van der Waals surface area contributed by atoms with Gasteiger partial charge < -0.3 is 19.2 Å². The van der Waals surface area contributed by atoms with Gasteiger partial charge in [0.15, 0.2) is 5.89 Å². The molecule has 1 saturated heterocycles. The quantitative estimate of drug-likeness (QED) is 0.795. The zero-order valence-electron chi connectivity index (χ0n) is 9.97. The molecule has 1 aliphatic heterocycles. The fourth-order valence-electron chi connectivity index (χ4n) is 1.93. The molecule has 0 spiro atoms. The second-order valence-electron chi connectivity index (χ2n) is 4.06. The third-order valence-electron chi connectivity index (χ3n) is 2.80. The molecule has 0 radical (unpaired) electrons. The molecule has 1 aromatic rings. The van der Waals surface area contributed by atoms with E-state index < -0.39 is 0 Å². The molecule has 1 fully saturated rings. The summed E-state index contributed by atoms with van der Waals surface area (Å²) in [5.74, 6) is 0.493. The predicted octanol–water partition coefficient (Wildman–Crippen LogP) is 0.125. The number of ether oxygens (including phenoxy) is 1. The number of rotatable bonds is 2. The molecule has 0 bridgehead atoms. The van der Waals surface area contributed by atoms with Crippen molar-refractivity contribution in [1.29, 1.82) is 0 Å². The fourth-order valence-corrected chi connectivity index (χ4v) is 1.93. The molecule has 0 aromatic carbocycles. The van der Waals surface area contributed by atoms with E-state index in [1.54, 1.807) is 18.7 Å². The molecule has 17 heavy (non-hydrogen) atoms. The largest absolute Gasteiger partial charge is 0.436 e. The number of hydrogen-bond donors (Lipinski definition) is 1. The summed E-state index contributed by atoms with van der Waals surface area (Å²) in [7, 11) is 0. The van der Waals surface area contributed by atoms with Crippen molar-refractivity contribution in [2.45, 2.75) is 19.9 Å². The van der Waals surface area contributed by atoms with Gasteiger partial charge in [0.05, 0.1) is 31.6 Å². The summed E-state index contributed by atoms with van der Waals surface area (Å²) in [5.41, 5.74) is 0.579. The molecule has 0 aliphatic carbocycles. The lowest BCUT2D eigenvalue weighted by atomic mass is 10.2. The first-order chi connectivity index (χ1) is 8.13. The van der Waals surface area contributed by atoms with E-state index in [0.717, 1.165) is 0 Å². The van der Waals surface area contributed by atoms with Crippen molar-refractivity contribution in [2.24, 2.45) is 0 Å². The first-order valence-electron chi connectivity index (χ1n) is 5.57. The topological polar surface area (TPSA) is 75.8 Å². The number of morpholine rings is 1. The van der Waals surface area contributed by atoms with Gasteiger partial charge in [0.25, 0.3) is 5.91 Å². The highest BCUT2D eigenvalue weighted by atomic mass is 16.5. The Hall–Kier alpha value is -1.40. The zero-order chi connectivity index (χ0) is 12.4. The summed E-state index contributed by atoms with van der Waals surface area (Å²) in [5, 5.41) is 9.21. The van der Waals surface area contributed by atoms with E-state index in [0.29, 0.717) is 31.3 Å². The van der Waals surface area contributed by atoms with Crippen LogP contribution in [0.4, 0.5) is 0 Å². The number of nitrogens with zero attached hydrogens (tertiary/aromatic N) is 2. The number of oxazole rings is 1. The Balaban J connectivity index is 2.21. The highest BCUT2D eigenvalue weighted by molar-refractivity contribution is 5.92. The number of aliphatic hydroxyl groups excluding tert-OH is 1. The van der Waals surface area contributed by atoms with Crippen LogP contribution in [0.25, 0.3) is 0 Å². The van der Waals surface area contributed by atoms with Gasteiger partial charge in [-0.3, -0.25) is 4.79 Å². The van der Waals surface area contributed by atoms with Crippen LogP contribution in [0.3, 0.4) is 0 Å². The van der Waals surface area contributed by atoms with Gasteiger partial charge in [-0.05, 0) is 6.92 Å². The number of aliphatic hydroxyl groups is 1. The number of carbonyl (C=O) groups excluding carboxylic acids is 1. The van der Waals surface area contributed by atoms with Gasteiger partial charge in [-0.1, -0.05) is 0 Å². The molecule has 1 aromatic heterocycles. The number of aromatic nitrogens is 1. The van der Waals surface area contributed by atoms with Crippen LogP contribution >= 0.6 is 0 Å². The van der Waals surface area contributed by atoms with Gasteiger partial charge in [0.1, 0.15) is 0 Å². The van der Waals surface area contributed by atoms with E-state index in [4.69, 9.17) is 9.15 Å². The van der Waals surface area contributed by atoms with Crippen molar-refractivity contribution in [3.8, 4) is 0 Å². The Labute approximate surface area is 99.2 Å². The van der Waals surface area contributed by atoms with Gasteiger partial charge in [0, 0.05) is 13.5 Å². The lowest BCUT2D eigenvalue weighted by Crippen LogP contribution is -2.50. The van der Waals surface area contributed by atoms with Crippen LogP contribution in [0.15, 0.2) is 4.42 Å². The molecule has 1 atom stereocenters. The minimum absolute atomic E-state index is 0.113. The maximum Gasteiger partial charge on any atom is 0.292 e. The number of amides is 1. The van der Waals surface area contributed by atoms with E-state index in [2.05, 4.69) is 4.98 Å². The molecule has 6 heteroatoms. The van der Waals surface area contributed by atoms with Crippen molar-refractivity contribution in [3.05, 3.63) is 17.3 Å². The van der Waals surface area contributed by atoms with Crippen molar-refractivity contribution in [2.75, 3.05) is 26.4 Å². The minimum atomic E-state index is -0.305. The van der Waals surface area contributed by atoms with Gasteiger partial charge in [0.2, 0.25) is 5.76 Å². The van der Waals surface area contributed by atoms with Crippen LogP contribution in [0.1, 0.15) is 22.1 Å². The molecule has 0 saturated carbocycles. The van der Waals surface area contributed by atoms with Crippen molar-refractivity contribution in [1.82, 2.24) is 9.88 Å². The molecule has 2 heterocycles. The minimum Gasteiger partial charge on any atom is -0.436 e. The highest BCUT2D eigenvalue weighted by Crippen LogP contribution is 2.16. The Morgan fingerprint density at radius 3 is 2.94 bits per heavy atom. The van der Waals surface area contributed by atoms with E-state index >= 15 is 0 Å². The van der Waals surface area contributed by atoms with Gasteiger partial charge in [-0.25, -0.2) is 4.98 Å². The Kier molecular flexibility index (Phi) is 3.44. The summed E-state index contributed by atoms with van der Waals surface area (Å²) >= 11 is 0. The second-order valence-corrected chi connectivity index (χ2v) is 4.06. The number of hydrogen-bond acceptors (Lipinski definition) is 5. The average molecular weight is 240 g/mol. The van der Waals surface area contributed by atoms with Crippen LogP contribution in [0.5, 0.6) is 0 Å². The van der Waals surface area contributed by atoms with Crippen LogP contribution in [0, 0.1) is 13.8 Å². The smallest absolute Gasteiger partial charge is 0.292 e. The molecular weight excluding hydrogens is 224 g/mol. The Morgan fingerprint density at radius 1 is 1.59 bits per heavy atom. The predicted molar refractivity (Wildman–Crippen MR) is 58.7 cm³/mol. The third kappa shape index (κ3) is 2.32. The summed E-state index contributed by atoms with van der Waals surface area (Å²) in [6.45, 7) is 4.62. The molecular formula is C11H16N2O4. The summed E-state index contributed by atoms with van der Waals surface area (Å²) in [6.07, 6.45) is 0. The van der Waals surface area contributed by atoms with Crippen LogP contribution in [-0.4, -0.2) is 53.3 Å². The van der Waals surface area contributed by atoms with Crippen LogP contribution in [0.2, 0.25) is 0 Å². The monoisotopic (exact) mass is 240 g/mol. The van der Waals surface area contributed by atoms with Crippen molar-refractivity contribution < 1.29 is 19.1 Å². The zero-order valence-corrected chi connectivity index (χ0v) is 9.97. The lowest BCUT2D eigenvalue weighted by molar-refractivity contribution is -0.0197. The standard InChI is InChI=1S/C11H16N2O4/c1-7-10(17-8(2)12-7)11(15)13-3-4-16-6-9(13)5-14/h9,14H,3-6H2,1-2H3. The van der Waals surface area contributed by atoms with Crippen LogP contribution in [-0.2, 0) is 4.74 Å². The van der Waals surface area contributed by atoms with Gasteiger partial charge in [-0.2, -0.15) is 0 Å². The summed E-state index contributed by atoms with van der Waals surface area (Å²) in [4.78, 5) is 17.9. The van der Waals surface area contributed by atoms with Gasteiger partial charge in [-0.15, -0.1) is 0 Å². The van der Waals surface area contributed by atoms with E-state index in [1.165, 1.54) is 0 Å². The second kappa shape index (κ2) is 4.85. The number of carbonyl (C=O) groups is 1. The maximum absolute atomic E-state index is 12.2. The normalized spacial score (nSPS) is 20.6. The Morgan fingerprint density at radius 2 is 2.35 bits per heavy atom. The Bertz CT molecular complexity index is 416. The molecule has 1 amide bonds. The number of aryl methyl sites for hydroxylation is 2. The van der Waals surface area contributed by atoms with E-state index in [9.17, 15) is 9.90 Å². The average Bonchev–Trinajstić information content (AvgIpc) is 2.67. The van der Waals surface area contributed by atoms with Crippen molar-refractivity contribution >= 4 is 5.91 Å². The highest BCUT2D eigenvalue weighted by Gasteiger charge is 2.30. The molecule has 6 nitrogen and oxygen atoms in total. The molecule has 1 N–H and O–H groups in total. The van der Waals surface area contributed by atoms with E-state index in [-0.39, 0.29) is 24.3 Å². The van der Waals surface area contributed by atoms with E-state index in [1.807, 2.05) is 0 Å². The third-order valence-corrected chi connectivity index (χ3v) is 2.80. The summed E-state index contributed by atoms with van der Waals surface area (Å²) in [6, 6.07) is -0.305.